The third-order valence-electron chi connectivity index (χ3n) is 5.52. The largest absolute Gasteiger partial charge is 0.491 e. The zero-order chi connectivity index (χ0) is 21.6. The van der Waals surface area contributed by atoms with Gasteiger partial charge >= 0.3 is 0 Å². The fraction of sp³-hybridized carbons (Fsp3) is 0.391. The first kappa shape index (κ1) is 21.0. The van der Waals surface area contributed by atoms with Crippen LogP contribution in [0.1, 0.15) is 24.0 Å². The van der Waals surface area contributed by atoms with Gasteiger partial charge in [-0.25, -0.2) is 4.52 Å². The first-order valence-corrected chi connectivity index (χ1v) is 10.6. The first-order chi connectivity index (χ1) is 15.2. The third-order valence-corrected chi connectivity index (χ3v) is 5.52. The molecule has 1 aliphatic rings. The van der Waals surface area contributed by atoms with Crippen LogP contribution >= 0.6 is 0 Å². The number of anilines is 3. The van der Waals surface area contributed by atoms with Crippen molar-refractivity contribution in [3.63, 3.8) is 0 Å². The Morgan fingerprint density at radius 3 is 2.81 bits per heavy atom. The van der Waals surface area contributed by atoms with Crippen LogP contribution in [0.3, 0.4) is 0 Å². The molecule has 1 aliphatic heterocycles. The lowest BCUT2D eigenvalue weighted by molar-refractivity contribution is 0.146. The highest BCUT2D eigenvalue weighted by Crippen LogP contribution is 2.34. The van der Waals surface area contributed by atoms with Crippen molar-refractivity contribution >= 4 is 22.7 Å². The predicted octanol–water partition coefficient (Wildman–Crippen LogP) is 3.45. The molecule has 4 rings (SSSR count). The molecule has 0 radical (unpaired) electrons. The summed E-state index contributed by atoms with van der Waals surface area (Å²) < 4.78 is 12.5. The molecule has 8 heteroatoms. The molecule has 0 amide bonds. The van der Waals surface area contributed by atoms with E-state index in [1.54, 1.807) is 17.8 Å². The number of benzene rings is 1. The van der Waals surface area contributed by atoms with Crippen LogP contribution in [0.5, 0.6) is 5.75 Å². The van der Waals surface area contributed by atoms with Gasteiger partial charge < -0.3 is 25.4 Å². The summed E-state index contributed by atoms with van der Waals surface area (Å²) in [5.74, 6) is 1.62. The predicted molar refractivity (Wildman–Crippen MR) is 121 cm³/mol. The average Bonchev–Trinajstić information content (AvgIpc) is 3.28. The third kappa shape index (κ3) is 4.58. The number of hydrogen-bond acceptors (Lipinski definition) is 7. The molecule has 162 valence electrons. The number of fused-ring (bicyclic) bond motifs is 1. The molecule has 0 aliphatic carbocycles. The van der Waals surface area contributed by atoms with Crippen LogP contribution in [0, 0.1) is 18.3 Å². The highest BCUT2D eigenvalue weighted by Gasteiger charge is 2.21. The number of rotatable bonds is 8. The maximum absolute atomic E-state index is 9.90. The number of methoxy groups -OCH3 is 1. The number of ether oxygens (including phenoxy) is 2. The van der Waals surface area contributed by atoms with Crippen molar-refractivity contribution < 1.29 is 9.47 Å². The molecule has 1 atom stereocenters. The molecule has 0 unspecified atom stereocenters. The number of nitrogens with zero attached hydrogens (tertiary/aromatic N) is 3. The van der Waals surface area contributed by atoms with Crippen molar-refractivity contribution in [3.05, 3.63) is 47.7 Å². The quantitative estimate of drug-likeness (QED) is 0.480. The molecule has 0 spiro atoms. The average molecular weight is 421 g/mol. The second-order valence-corrected chi connectivity index (χ2v) is 7.64. The standard InChI is InChI=1S/C23H28N6O2/c1-16-22(27-18-4-3-10-25-15-18)20(14-24)21-9-11-26-29(21)23(16)28-17-5-7-19(8-6-17)31-13-12-30-2/h5-9,11,18,25,27-28H,3-4,10,12-13,15H2,1-2H3/t18-/m0/s1. The summed E-state index contributed by atoms with van der Waals surface area (Å²) in [4.78, 5) is 0. The van der Waals surface area contributed by atoms with Gasteiger partial charge in [0.25, 0.3) is 0 Å². The summed E-state index contributed by atoms with van der Waals surface area (Å²) in [6, 6.07) is 12.3. The lowest BCUT2D eigenvalue weighted by Crippen LogP contribution is -2.38. The van der Waals surface area contributed by atoms with Gasteiger partial charge in [-0.2, -0.15) is 10.4 Å². The van der Waals surface area contributed by atoms with Crippen LogP contribution in [-0.4, -0.2) is 49.1 Å². The molecule has 31 heavy (non-hydrogen) atoms. The molecule has 2 aromatic heterocycles. The summed E-state index contributed by atoms with van der Waals surface area (Å²) in [5, 5.41) is 24.9. The SMILES string of the molecule is COCCOc1ccc(Nc2c(C)c(N[C@H]3CCCNC3)c(C#N)c3ccnn23)cc1. The summed E-state index contributed by atoms with van der Waals surface area (Å²) in [6.07, 6.45) is 3.92. The van der Waals surface area contributed by atoms with E-state index in [1.807, 2.05) is 37.3 Å². The first-order valence-electron chi connectivity index (χ1n) is 10.6. The van der Waals surface area contributed by atoms with E-state index in [4.69, 9.17) is 9.47 Å². The monoisotopic (exact) mass is 420 g/mol. The van der Waals surface area contributed by atoms with Crippen LogP contribution in [0.4, 0.5) is 17.2 Å². The Bertz CT molecular complexity index is 1060. The number of hydrogen-bond donors (Lipinski definition) is 3. The highest BCUT2D eigenvalue weighted by atomic mass is 16.5. The molecular formula is C23H28N6O2. The molecular weight excluding hydrogens is 392 g/mol. The second kappa shape index (κ2) is 9.69. The summed E-state index contributed by atoms with van der Waals surface area (Å²) in [6.45, 7) is 5.01. The highest BCUT2D eigenvalue weighted by molar-refractivity contribution is 5.82. The van der Waals surface area contributed by atoms with E-state index in [1.165, 1.54) is 0 Å². The lowest BCUT2D eigenvalue weighted by atomic mass is 10.0. The Balaban J connectivity index is 1.65. The molecule has 8 nitrogen and oxygen atoms in total. The molecule has 3 N–H and O–H groups in total. The summed E-state index contributed by atoms with van der Waals surface area (Å²) in [5.41, 5.74) is 4.13. The Hall–Kier alpha value is -3.28. The zero-order valence-corrected chi connectivity index (χ0v) is 17.9. The number of aromatic nitrogens is 2. The minimum atomic E-state index is 0.293. The van der Waals surface area contributed by atoms with Crippen molar-refractivity contribution in [2.75, 3.05) is 44.0 Å². The molecule has 0 bridgehead atoms. The van der Waals surface area contributed by atoms with E-state index >= 15 is 0 Å². The smallest absolute Gasteiger partial charge is 0.137 e. The Labute approximate surface area is 182 Å². The number of nitriles is 1. The molecule has 1 aromatic carbocycles. The molecule has 3 heterocycles. The topological polar surface area (TPSA) is 95.6 Å². The minimum Gasteiger partial charge on any atom is -0.491 e. The fourth-order valence-electron chi connectivity index (χ4n) is 3.90. The lowest BCUT2D eigenvalue weighted by Gasteiger charge is -2.27. The van der Waals surface area contributed by atoms with Crippen molar-refractivity contribution in [1.82, 2.24) is 14.9 Å². The maximum Gasteiger partial charge on any atom is 0.137 e. The van der Waals surface area contributed by atoms with Gasteiger partial charge in [-0.05, 0) is 56.6 Å². The van der Waals surface area contributed by atoms with Gasteiger partial charge in [-0.1, -0.05) is 0 Å². The van der Waals surface area contributed by atoms with Gasteiger partial charge in [0.1, 0.15) is 29.8 Å². The molecule has 3 aromatic rings. The maximum atomic E-state index is 9.90. The second-order valence-electron chi connectivity index (χ2n) is 7.64. The van der Waals surface area contributed by atoms with Gasteiger partial charge in [0.15, 0.2) is 0 Å². The summed E-state index contributed by atoms with van der Waals surface area (Å²) >= 11 is 0. The van der Waals surface area contributed by atoms with E-state index in [9.17, 15) is 5.26 Å². The Morgan fingerprint density at radius 1 is 1.26 bits per heavy atom. The van der Waals surface area contributed by atoms with E-state index < -0.39 is 0 Å². The Kier molecular flexibility index (Phi) is 6.55. The number of piperidine rings is 1. The van der Waals surface area contributed by atoms with Gasteiger partial charge in [0.2, 0.25) is 0 Å². The van der Waals surface area contributed by atoms with Crippen LogP contribution in [0.2, 0.25) is 0 Å². The van der Waals surface area contributed by atoms with Crippen LogP contribution < -0.4 is 20.7 Å². The normalized spacial score (nSPS) is 16.1. The van der Waals surface area contributed by atoms with Crippen LogP contribution in [0.15, 0.2) is 36.5 Å². The van der Waals surface area contributed by atoms with Crippen molar-refractivity contribution in [2.45, 2.75) is 25.8 Å². The van der Waals surface area contributed by atoms with Gasteiger partial charge in [-0.15, -0.1) is 0 Å². The molecule has 1 fully saturated rings. The van der Waals surface area contributed by atoms with E-state index in [0.29, 0.717) is 24.8 Å². The molecule has 0 saturated carbocycles. The summed E-state index contributed by atoms with van der Waals surface area (Å²) in [7, 11) is 1.65. The number of nitrogens with one attached hydrogen (secondary N) is 3. The van der Waals surface area contributed by atoms with E-state index in [2.05, 4.69) is 27.1 Å². The van der Waals surface area contributed by atoms with Crippen molar-refractivity contribution in [2.24, 2.45) is 0 Å². The van der Waals surface area contributed by atoms with Gasteiger partial charge in [0, 0.05) is 30.9 Å². The van der Waals surface area contributed by atoms with Crippen LogP contribution in [0.25, 0.3) is 5.52 Å². The zero-order valence-electron chi connectivity index (χ0n) is 17.9. The van der Waals surface area contributed by atoms with Crippen molar-refractivity contribution in [3.8, 4) is 11.8 Å². The van der Waals surface area contributed by atoms with Crippen molar-refractivity contribution in [1.29, 1.82) is 5.26 Å². The van der Waals surface area contributed by atoms with Crippen LogP contribution in [-0.2, 0) is 4.74 Å². The molecule has 1 saturated heterocycles. The van der Waals surface area contributed by atoms with E-state index in [0.717, 1.165) is 60.0 Å². The minimum absolute atomic E-state index is 0.293. The Morgan fingerprint density at radius 2 is 2.10 bits per heavy atom. The van der Waals surface area contributed by atoms with Gasteiger partial charge in [0.05, 0.1) is 24.0 Å². The fourth-order valence-corrected chi connectivity index (χ4v) is 3.90. The van der Waals surface area contributed by atoms with Gasteiger partial charge in [-0.3, -0.25) is 0 Å². The number of pyridine rings is 1. The van der Waals surface area contributed by atoms with E-state index in [-0.39, 0.29) is 0 Å².